The van der Waals surface area contributed by atoms with Gasteiger partial charge in [0.25, 0.3) is 0 Å². The summed E-state index contributed by atoms with van der Waals surface area (Å²) in [6.07, 6.45) is 0.623. The minimum Gasteiger partial charge on any atom is -0.396 e. The third-order valence-corrected chi connectivity index (χ3v) is 1.61. The number of nitrogens with two attached hydrogens (primary N) is 1. The Balaban J connectivity index is 3.42. The van der Waals surface area contributed by atoms with Crippen LogP contribution in [0.4, 0.5) is 0 Å². The monoisotopic (exact) mass is 165 g/mol. The lowest BCUT2D eigenvalue weighted by Gasteiger charge is -2.23. The Bertz CT molecular complexity index is 87.8. The Morgan fingerprint density at radius 3 is 2.70 bits per heavy atom. The van der Waals surface area contributed by atoms with Crippen LogP contribution in [0.5, 0.6) is 0 Å². The zero-order valence-electron chi connectivity index (χ0n) is 6.34. The van der Waals surface area contributed by atoms with Gasteiger partial charge in [-0.1, -0.05) is 0 Å². The van der Waals surface area contributed by atoms with E-state index < -0.39 is 0 Å². The van der Waals surface area contributed by atoms with E-state index in [0.29, 0.717) is 19.6 Å². The van der Waals surface area contributed by atoms with Crippen molar-refractivity contribution in [2.24, 2.45) is 5.73 Å². The van der Waals surface area contributed by atoms with E-state index >= 15 is 0 Å². The second-order valence-corrected chi connectivity index (χ2v) is 3.64. The van der Waals surface area contributed by atoms with Crippen molar-refractivity contribution in [1.29, 1.82) is 0 Å². The average molecular weight is 165 g/mol. The molecule has 3 nitrogen and oxygen atoms in total. The standard InChI is InChI=1S/C6H16NO2P/c1-6(10,2-4-8)9-5-3-7/h8H,2-5,7,10H2,1H3. The molecule has 4 heteroatoms. The molecule has 0 heterocycles. The van der Waals surface area contributed by atoms with Crippen LogP contribution in [0.2, 0.25) is 0 Å². The Morgan fingerprint density at radius 2 is 2.30 bits per heavy atom. The van der Waals surface area contributed by atoms with Crippen molar-refractivity contribution in [3.63, 3.8) is 0 Å². The lowest BCUT2D eigenvalue weighted by Crippen LogP contribution is -2.25. The molecular formula is C6H16NO2P. The van der Waals surface area contributed by atoms with Gasteiger partial charge >= 0.3 is 0 Å². The molecule has 0 aromatic heterocycles. The van der Waals surface area contributed by atoms with Crippen molar-refractivity contribution in [1.82, 2.24) is 0 Å². The summed E-state index contributed by atoms with van der Waals surface area (Å²) in [5.41, 5.74) is 5.24. The molecule has 2 unspecified atom stereocenters. The molecule has 62 valence electrons. The van der Waals surface area contributed by atoms with Gasteiger partial charge in [0.1, 0.15) is 0 Å². The molecule has 0 amide bonds. The van der Waals surface area contributed by atoms with Gasteiger partial charge in [0.15, 0.2) is 0 Å². The number of hydrogen-bond acceptors (Lipinski definition) is 3. The van der Waals surface area contributed by atoms with Crippen LogP contribution in [-0.4, -0.2) is 30.2 Å². The van der Waals surface area contributed by atoms with Gasteiger partial charge in [0.05, 0.1) is 11.9 Å². The highest BCUT2D eigenvalue weighted by Crippen LogP contribution is 2.22. The first kappa shape index (κ1) is 10.3. The van der Waals surface area contributed by atoms with Crippen molar-refractivity contribution in [3.05, 3.63) is 0 Å². The van der Waals surface area contributed by atoms with E-state index in [0.717, 1.165) is 0 Å². The van der Waals surface area contributed by atoms with E-state index in [1.807, 2.05) is 6.92 Å². The van der Waals surface area contributed by atoms with Crippen molar-refractivity contribution >= 4 is 9.24 Å². The van der Waals surface area contributed by atoms with E-state index in [-0.39, 0.29) is 11.9 Å². The van der Waals surface area contributed by atoms with Crippen molar-refractivity contribution in [2.75, 3.05) is 19.8 Å². The molecule has 2 atom stereocenters. The van der Waals surface area contributed by atoms with Crippen LogP contribution in [0.1, 0.15) is 13.3 Å². The van der Waals surface area contributed by atoms with Crippen molar-refractivity contribution in [3.8, 4) is 0 Å². The van der Waals surface area contributed by atoms with E-state index in [1.165, 1.54) is 0 Å². The minimum atomic E-state index is -0.311. The molecule has 0 rings (SSSR count). The number of hydrogen-bond donors (Lipinski definition) is 2. The second kappa shape index (κ2) is 5.03. The lowest BCUT2D eigenvalue weighted by atomic mass is 10.3. The Hall–Kier alpha value is 0.310. The number of aliphatic hydroxyl groups is 1. The van der Waals surface area contributed by atoms with Crippen LogP contribution in [-0.2, 0) is 4.74 Å². The molecular weight excluding hydrogens is 149 g/mol. The van der Waals surface area contributed by atoms with E-state index in [4.69, 9.17) is 15.6 Å². The zero-order chi connectivity index (χ0) is 8.04. The number of aliphatic hydroxyl groups excluding tert-OH is 1. The lowest BCUT2D eigenvalue weighted by molar-refractivity contribution is 0.0256. The Morgan fingerprint density at radius 1 is 1.70 bits per heavy atom. The maximum absolute atomic E-state index is 8.58. The quantitative estimate of drug-likeness (QED) is 0.561. The first-order chi connectivity index (χ1) is 4.62. The molecule has 0 aliphatic rings. The molecule has 0 fully saturated rings. The molecule has 0 radical (unpaired) electrons. The molecule has 0 aromatic carbocycles. The fourth-order valence-corrected chi connectivity index (χ4v) is 0.833. The highest BCUT2D eigenvalue weighted by atomic mass is 31.0. The molecule has 10 heavy (non-hydrogen) atoms. The largest absolute Gasteiger partial charge is 0.396 e. The van der Waals surface area contributed by atoms with Gasteiger partial charge in [-0.25, -0.2) is 0 Å². The number of rotatable bonds is 5. The third-order valence-electron chi connectivity index (χ3n) is 1.16. The second-order valence-electron chi connectivity index (χ2n) is 2.42. The highest BCUT2D eigenvalue weighted by Gasteiger charge is 2.16. The van der Waals surface area contributed by atoms with Crippen molar-refractivity contribution in [2.45, 2.75) is 18.7 Å². The van der Waals surface area contributed by atoms with E-state index in [1.54, 1.807) is 0 Å². The van der Waals surface area contributed by atoms with E-state index in [2.05, 4.69) is 9.24 Å². The topological polar surface area (TPSA) is 55.5 Å². The fourth-order valence-electron chi connectivity index (χ4n) is 0.586. The van der Waals surface area contributed by atoms with Crippen molar-refractivity contribution < 1.29 is 9.84 Å². The molecule has 0 spiro atoms. The van der Waals surface area contributed by atoms with Crippen LogP contribution in [0.15, 0.2) is 0 Å². The van der Waals surface area contributed by atoms with Gasteiger partial charge in [-0.15, -0.1) is 9.24 Å². The summed E-state index contributed by atoms with van der Waals surface area (Å²) in [6.45, 7) is 3.11. The summed E-state index contributed by atoms with van der Waals surface area (Å²) in [4.78, 5) is 0. The Labute approximate surface area is 64.1 Å². The van der Waals surface area contributed by atoms with Gasteiger partial charge in [-0.3, -0.25) is 0 Å². The van der Waals surface area contributed by atoms with Gasteiger partial charge in [0, 0.05) is 19.6 Å². The van der Waals surface area contributed by atoms with Crippen LogP contribution in [0.3, 0.4) is 0 Å². The summed E-state index contributed by atoms with van der Waals surface area (Å²) < 4.78 is 5.30. The predicted molar refractivity (Wildman–Crippen MR) is 44.8 cm³/mol. The Kier molecular flexibility index (Phi) is 5.18. The highest BCUT2D eigenvalue weighted by molar-refractivity contribution is 7.18. The first-order valence-corrected chi connectivity index (χ1v) is 3.94. The third kappa shape index (κ3) is 5.12. The normalized spacial score (nSPS) is 16.8. The summed E-state index contributed by atoms with van der Waals surface area (Å²) in [7, 11) is 2.55. The maximum atomic E-state index is 8.58. The number of ether oxygens (including phenoxy) is 1. The SMILES string of the molecule is CC(P)(CCO)OCCN. The summed E-state index contributed by atoms with van der Waals surface area (Å²) in [5.74, 6) is 0. The molecule has 0 aliphatic heterocycles. The molecule has 3 N–H and O–H groups in total. The summed E-state index contributed by atoms with van der Waals surface area (Å²) in [6, 6.07) is 0. The van der Waals surface area contributed by atoms with Crippen LogP contribution in [0, 0.1) is 0 Å². The van der Waals surface area contributed by atoms with Crippen LogP contribution in [0.25, 0.3) is 0 Å². The molecule has 0 aliphatic carbocycles. The van der Waals surface area contributed by atoms with Crippen LogP contribution >= 0.6 is 9.24 Å². The summed E-state index contributed by atoms with van der Waals surface area (Å²) >= 11 is 0. The molecule has 0 saturated carbocycles. The van der Waals surface area contributed by atoms with Crippen LogP contribution < -0.4 is 5.73 Å². The minimum absolute atomic E-state index is 0.143. The van der Waals surface area contributed by atoms with Gasteiger partial charge in [-0.05, 0) is 6.92 Å². The van der Waals surface area contributed by atoms with Gasteiger partial charge in [-0.2, -0.15) is 0 Å². The predicted octanol–water partition coefficient (Wildman–Crippen LogP) is -0.0646. The van der Waals surface area contributed by atoms with E-state index in [9.17, 15) is 0 Å². The molecule has 0 aromatic rings. The molecule has 0 saturated heterocycles. The first-order valence-electron chi connectivity index (χ1n) is 3.36. The smallest absolute Gasteiger partial charge is 0.0807 e. The fraction of sp³-hybridized carbons (Fsp3) is 1.00. The molecule has 0 bridgehead atoms. The average Bonchev–Trinajstić information content (AvgIpc) is 1.84. The summed E-state index contributed by atoms with van der Waals surface area (Å²) in [5, 5.41) is 8.27. The maximum Gasteiger partial charge on any atom is 0.0807 e. The van der Waals surface area contributed by atoms with Gasteiger partial charge in [0.2, 0.25) is 0 Å². The zero-order valence-corrected chi connectivity index (χ0v) is 7.49. The van der Waals surface area contributed by atoms with Gasteiger partial charge < -0.3 is 15.6 Å².